The molecular formula is C50H45N5O3S2. The third kappa shape index (κ3) is 8.71. The van der Waals surface area contributed by atoms with Crippen LogP contribution < -0.4 is 5.32 Å². The lowest BCUT2D eigenvalue weighted by Crippen LogP contribution is -2.43. The molecule has 2 saturated heterocycles. The first-order valence-corrected chi connectivity index (χ1v) is 22.2. The van der Waals surface area contributed by atoms with Crippen LogP contribution in [0, 0.1) is 0 Å². The first-order valence-electron chi connectivity index (χ1n) is 20.6. The number of amides is 3. The van der Waals surface area contributed by atoms with E-state index in [0.717, 1.165) is 90.9 Å². The number of hydrogen-bond acceptors (Lipinski definition) is 7. The fraction of sp³-hybridized carbons (Fsp3) is 0.220. The summed E-state index contributed by atoms with van der Waals surface area (Å²) in [6.45, 7) is 1.39. The lowest BCUT2D eigenvalue weighted by Gasteiger charge is -2.28. The van der Waals surface area contributed by atoms with Crippen molar-refractivity contribution in [1.82, 2.24) is 25.1 Å². The van der Waals surface area contributed by atoms with E-state index in [4.69, 9.17) is 9.97 Å². The SMILES string of the molecule is O=C(Cc1ccccc1)N[C@@H](C(=O)N1CCC[C@H]1c1ncc(-c2ccc(-c3ccc(-c4cnc([C@@H]5CCCN5C(=O)Cc5ccccc5)s4)cc3)cc2)s1)c1ccccc1. The van der Waals surface area contributed by atoms with E-state index >= 15 is 0 Å². The molecular weight excluding hydrogens is 783 g/mol. The number of hydrogen-bond donors (Lipinski definition) is 1. The summed E-state index contributed by atoms with van der Waals surface area (Å²) in [7, 11) is 0. The van der Waals surface area contributed by atoms with E-state index in [1.807, 2.05) is 113 Å². The van der Waals surface area contributed by atoms with E-state index in [2.05, 4.69) is 53.8 Å². The summed E-state index contributed by atoms with van der Waals surface area (Å²) in [5.74, 6) is -0.140. The van der Waals surface area contributed by atoms with Crippen molar-refractivity contribution in [2.75, 3.05) is 13.1 Å². The minimum absolute atomic E-state index is 0.0311. The van der Waals surface area contributed by atoms with Gasteiger partial charge in [-0.25, -0.2) is 9.97 Å². The van der Waals surface area contributed by atoms with Gasteiger partial charge in [0.15, 0.2) is 0 Å². The minimum atomic E-state index is -0.784. The number of aromatic nitrogens is 2. The van der Waals surface area contributed by atoms with Gasteiger partial charge < -0.3 is 15.1 Å². The van der Waals surface area contributed by atoms with Crippen molar-refractivity contribution in [1.29, 1.82) is 0 Å². The Hall–Kier alpha value is -6.23. The first-order chi connectivity index (χ1) is 29.5. The molecule has 0 aliphatic carbocycles. The Morgan fingerprint density at radius 1 is 0.567 bits per heavy atom. The summed E-state index contributed by atoms with van der Waals surface area (Å²) >= 11 is 3.30. The van der Waals surface area contributed by atoms with Crippen LogP contribution >= 0.6 is 22.7 Å². The second-order valence-electron chi connectivity index (χ2n) is 15.5. The van der Waals surface area contributed by atoms with Crippen molar-refractivity contribution >= 4 is 40.4 Å². The van der Waals surface area contributed by atoms with Gasteiger partial charge >= 0.3 is 0 Å². The van der Waals surface area contributed by atoms with Crippen molar-refractivity contribution in [3.05, 3.63) is 179 Å². The number of likely N-dealkylation sites (tertiary alicyclic amines) is 2. The molecule has 3 amide bonds. The maximum atomic E-state index is 14.3. The number of nitrogens with one attached hydrogen (secondary N) is 1. The zero-order valence-electron chi connectivity index (χ0n) is 33.2. The molecule has 2 aliphatic rings. The van der Waals surface area contributed by atoms with Crippen molar-refractivity contribution in [3.8, 4) is 32.0 Å². The van der Waals surface area contributed by atoms with E-state index in [9.17, 15) is 14.4 Å². The monoisotopic (exact) mass is 827 g/mol. The van der Waals surface area contributed by atoms with Crippen molar-refractivity contribution in [2.45, 2.75) is 56.7 Å². The molecule has 2 fully saturated rings. The third-order valence-electron chi connectivity index (χ3n) is 11.5. The Kier molecular flexibility index (Phi) is 11.7. The van der Waals surface area contributed by atoms with Crippen molar-refractivity contribution in [2.24, 2.45) is 0 Å². The van der Waals surface area contributed by atoms with Crippen LogP contribution in [0.15, 0.2) is 152 Å². The molecule has 9 rings (SSSR count). The number of rotatable bonds is 12. The Morgan fingerprint density at radius 2 is 1.02 bits per heavy atom. The molecule has 3 atom stereocenters. The average Bonchev–Trinajstić information content (AvgIpc) is 4.14. The molecule has 8 nitrogen and oxygen atoms in total. The summed E-state index contributed by atoms with van der Waals surface area (Å²) in [6, 6.07) is 45.3. The Labute approximate surface area is 358 Å². The van der Waals surface area contributed by atoms with Gasteiger partial charge in [0, 0.05) is 25.5 Å². The number of nitrogens with zero attached hydrogens (tertiary/aromatic N) is 4. The quantitative estimate of drug-likeness (QED) is 0.132. The minimum Gasteiger partial charge on any atom is -0.340 e. The van der Waals surface area contributed by atoms with Crippen molar-refractivity contribution in [3.63, 3.8) is 0 Å². The summed E-state index contributed by atoms with van der Waals surface area (Å²) in [6.07, 6.45) is 8.10. The molecule has 1 N–H and O–H groups in total. The van der Waals surface area contributed by atoms with Gasteiger partial charge in [0.2, 0.25) is 17.7 Å². The topological polar surface area (TPSA) is 95.5 Å². The molecule has 60 heavy (non-hydrogen) atoms. The Balaban J connectivity index is 0.849. The molecule has 300 valence electrons. The van der Waals surface area contributed by atoms with Crippen LogP contribution in [0.3, 0.4) is 0 Å². The van der Waals surface area contributed by atoms with Crippen molar-refractivity contribution < 1.29 is 14.4 Å². The molecule has 0 saturated carbocycles. The molecule has 10 heteroatoms. The summed E-state index contributed by atoms with van der Waals surface area (Å²) in [4.78, 5) is 56.5. The second kappa shape index (κ2) is 17.9. The van der Waals surface area contributed by atoms with Crippen LogP contribution in [-0.2, 0) is 27.2 Å². The molecule has 0 unspecified atom stereocenters. The van der Waals surface area contributed by atoms with Crippen LogP contribution in [0.4, 0.5) is 0 Å². The van der Waals surface area contributed by atoms with Crippen LogP contribution in [-0.4, -0.2) is 50.6 Å². The highest BCUT2D eigenvalue weighted by molar-refractivity contribution is 7.15. The van der Waals surface area contributed by atoms with Gasteiger partial charge in [-0.05, 0) is 64.6 Å². The molecule has 5 aromatic carbocycles. The largest absolute Gasteiger partial charge is 0.340 e. The zero-order valence-corrected chi connectivity index (χ0v) is 34.8. The van der Waals surface area contributed by atoms with Gasteiger partial charge in [-0.15, -0.1) is 22.7 Å². The van der Waals surface area contributed by atoms with E-state index in [0.29, 0.717) is 13.0 Å². The summed E-state index contributed by atoms with van der Waals surface area (Å²) in [5.41, 5.74) is 7.13. The molecule has 7 aromatic rings. The predicted octanol–water partition coefficient (Wildman–Crippen LogP) is 10.3. The van der Waals surface area contributed by atoms with Gasteiger partial charge in [0.05, 0.1) is 34.7 Å². The van der Waals surface area contributed by atoms with Crippen LogP contribution in [0.1, 0.15) is 70.5 Å². The van der Waals surface area contributed by atoms with Gasteiger partial charge in [-0.3, -0.25) is 14.4 Å². The first kappa shape index (κ1) is 39.2. The highest BCUT2D eigenvalue weighted by Gasteiger charge is 2.37. The van der Waals surface area contributed by atoms with Gasteiger partial charge in [-0.2, -0.15) is 0 Å². The van der Waals surface area contributed by atoms with E-state index < -0.39 is 6.04 Å². The van der Waals surface area contributed by atoms with Crippen LogP contribution in [0.5, 0.6) is 0 Å². The fourth-order valence-electron chi connectivity index (χ4n) is 8.38. The van der Waals surface area contributed by atoms with E-state index in [-0.39, 0.29) is 36.2 Å². The predicted molar refractivity (Wildman–Crippen MR) is 239 cm³/mol. The summed E-state index contributed by atoms with van der Waals surface area (Å²) < 4.78 is 0. The molecule has 0 bridgehead atoms. The Morgan fingerprint density at radius 3 is 1.55 bits per heavy atom. The van der Waals surface area contributed by atoms with Gasteiger partial charge in [0.25, 0.3) is 0 Å². The molecule has 2 aliphatic heterocycles. The van der Waals surface area contributed by atoms with Gasteiger partial charge in [-0.1, -0.05) is 140 Å². The lowest BCUT2D eigenvalue weighted by atomic mass is 10.0. The fourth-order valence-corrected chi connectivity index (χ4v) is 10.5. The smallest absolute Gasteiger partial charge is 0.250 e. The number of carbonyl (C=O) groups is 3. The Bertz CT molecular complexity index is 2560. The lowest BCUT2D eigenvalue weighted by molar-refractivity contribution is -0.137. The standard InChI is InChI=1S/C50H45N5O3S2/c56-45(30-34-12-4-1-5-13-34)53-47(40-16-8-3-9-17-40)50(58)55-29-11-19-42(55)49-52-33-44(60-49)39-26-22-37(23-27-39)36-20-24-38(25-21-36)43-32-51-48(59-43)41-18-10-28-54(41)46(57)31-35-14-6-2-7-15-35/h1-9,12-17,20-27,32-33,41-42,47H,10-11,18-19,28-31H2,(H,53,56)/t41-,42-,47+/m0/s1. The molecule has 2 aromatic heterocycles. The van der Waals surface area contributed by atoms with E-state index in [1.165, 1.54) is 0 Å². The third-order valence-corrected chi connectivity index (χ3v) is 13.8. The van der Waals surface area contributed by atoms with Crippen LogP contribution in [0.2, 0.25) is 0 Å². The van der Waals surface area contributed by atoms with E-state index in [1.54, 1.807) is 22.7 Å². The highest BCUT2D eigenvalue weighted by atomic mass is 32.1. The number of benzene rings is 5. The summed E-state index contributed by atoms with van der Waals surface area (Å²) in [5, 5.41) is 4.96. The zero-order chi connectivity index (χ0) is 40.8. The molecule has 0 radical (unpaired) electrons. The maximum absolute atomic E-state index is 14.3. The second-order valence-corrected chi connectivity index (χ2v) is 17.6. The number of thiazole rings is 2. The van der Waals surface area contributed by atoms with Crippen LogP contribution in [0.25, 0.3) is 32.0 Å². The normalized spacial score (nSPS) is 16.8. The van der Waals surface area contributed by atoms with Gasteiger partial charge in [0.1, 0.15) is 16.1 Å². The molecule has 0 spiro atoms. The number of carbonyl (C=O) groups excluding carboxylic acids is 3. The maximum Gasteiger partial charge on any atom is 0.250 e. The highest BCUT2D eigenvalue weighted by Crippen LogP contribution is 2.40. The molecule has 4 heterocycles. The average molecular weight is 828 g/mol.